The average molecular weight is 208 g/mol. The fourth-order valence-corrected chi connectivity index (χ4v) is 1.14. The summed E-state index contributed by atoms with van der Waals surface area (Å²) < 4.78 is 10.5. The predicted molar refractivity (Wildman–Crippen MR) is 57.6 cm³/mol. The minimum Gasteiger partial charge on any atom is -0.379 e. The lowest BCUT2D eigenvalue weighted by Gasteiger charge is -2.11. The van der Waals surface area contributed by atoms with Crippen LogP contribution >= 0.6 is 0 Å². The minimum absolute atomic E-state index is 0.326. The fraction of sp³-hybridized carbons (Fsp3) is 0.417. The van der Waals surface area contributed by atoms with Crippen molar-refractivity contribution in [3.05, 3.63) is 35.9 Å². The molecule has 1 rings (SSSR count). The van der Waals surface area contributed by atoms with Crippen molar-refractivity contribution in [2.24, 2.45) is 0 Å². The lowest BCUT2D eigenvalue weighted by molar-refractivity contribution is -0.123. The Labute approximate surface area is 90.0 Å². The molecule has 0 aliphatic heterocycles. The topological polar surface area (TPSA) is 35.5 Å². The van der Waals surface area contributed by atoms with Gasteiger partial charge in [0.2, 0.25) is 0 Å². The van der Waals surface area contributed by atoms with Gasteiger partial charge >= 0.3 is 0 Å². The number of carbonyl (C=O) groups excluding carboxylic acids is 1. The van der Waals surface area contributed by atoms with Crippen molar-refractivity contribution in [1.82, 2.24) is 0 Å². The minimum atomic E-state index is -0.467. The Hall–Kier alpha value is -1.19. The SMILES string of the molecule is CCOCC(C=O)OCc1ccccc1. The van der Waals surface area contributed by atoms with Crippen LogP contribution < -0.4 is 0 Å². The number of benzene rings is 1. The van der Waals surface area contributed by atoms with Gasteiger partial charge in [-0.3, -0.25) is 0 Å². The van der Waals surface area contributed by atoms with Crippen LogP contribution in [0.4, 0.5) is 0 Å². The number of ether oxygens (including phenoxy) is 2. The molecule has 0 saturated carbocycles. The Balaban J connectivity index is 2.31. The molecule has 1 aromatic carbocycles. The molecule has 0 heterocycles. The quantitative estimate of drug-likeness (QED) is 0.641. The van der Waals surface area contributed by atoms with Gasteiger partial charge in [0, 0.05) is 6.61 Å². The Morgan fingerprint density at radius 3 is 2.67 bits per heavy atom. The van der Waals surface area contributed by atoms with Gasteiger partial charge in [-0.15, -0.1) is 0 Å². The number of carbonyl (C=O) groups is 1. The van der Waals surface area contributed by atoms with Crippen LogP contribution in [0.5, 0.6) is 0 Å². The highest BCUT2D eigenvalue weighted by Crippen LogP contribution is 2.02. The van der Waals surface area contributed by atoms with Crippen molar-refractivity contribution in [2.75, 3.05) is 13.2 Å². The van der Waals surface area contributed by atoms with Crippen LogP contribution in [0.1, 0.15) is 12.5 Å². The molecule has 0 aliphatic rings. The highest BCUT2D eigenvalue weighted by molar-refractivity contribution is 5.56. The zero-order valence-corrected chi connectivity index (χ0v) is 8.89. The van der Waals surface area contributed by atoms with E-state index in [1.165, 1.54) is 0 Å². The first-order valence-electron chi connectivity index (χ1n) is 5.05. The smallest absolute Gasteiger partial charge is 0.151 e. The summed E-state index contributed by atoms with van der Waals surface area (Å²) in [6, 6.07) is 9.75. The lowest BCUT2D eigenvalue weighted by Crippen LogP contribution is -2.21. The van der Waals surface area contributed by atoms with Gasteiger partial charge in [-0.2, -0.15) is 0 Å². The second kappa shape index (κ2) is 7.15. The molecule has 82 valence electrons. The van der Waals surface area contributed by atoms with Crippen LogP contribution in [-0.2, 0) is 20.9 Å². The van der Waals surface area contributed by atoms with Crippen LogP contribution in [0.25, 0.3) is 0 Å². The largest absolute Gasteiger partial charge is 0.379 e. The van der Waals surface area contributed by atoms with E-state index >= 15 is 0 Å². The molecular formula is C12H16O3. The molecule has 0 spiro atoms. The maximum absolute atomic E-state index is 10.6. The highest BCUT2D eigenvalue weighted by Gasteiger charge is 2.07. The van der Waals surface area contributed by atoms with Crippen molar-refractivity contribution < 1.29 is 14.3 Å². The molecule has 0 amide bonds. The summed E-state index contributed by atoms with van der Waals surface area (Å²) in [6.07, 6.45) is 0.309. The van der Waals surface area contributed by atoms with Crippen LogP contribution in [-0.4, -0.2) is 25.6 Å². The molecule has 0 saturated heterocycles. The third kappa shape index (κ3) is 4.72. The van der Waals surface area contributed by atoms with Gasteiger partial charge in [0.05, 0.1) is 13.2 Å². The second-order valence-corrected chi connectivity index (χ2v) is 3.13. The molecule has 0 fully saturated rings. The highest BCUT2D eigenvalue weighted by atomic mass is 16.5. The van der Waals surface area contributed by atoms with E-state index in [0.29, 0.717) is 19.8 Å². The Bertz CT molecular complexity index is 271. The number of rotatable bonds is 7. The van der Waals surface area contributed by atoms with Crippen molar-refractivity contribution in [1.29, 1.82) is 0 Å². The summed E-state index contributed by atoms with van der Waals surface area (Å²) in [5.74, 6) is 0. The van der Waals surface area contributed by atoms with E-state index in [1.807, 2.05) is 37.3 Å². The fourth-order valence-electron chi connectivity index (χ4n) is 1.14. The molecule has 3 nitrogen and oxygen atoms in total. The number of hydrogen-bond donors (Lipinski definition) is 0. The molecule has 0 bridgehead atoms. The van der Waals surface area contributed by atoms with E-state index < -0.39 is 6.10 Å². The average Bonchev–Trinajstić information content (AvgIpc) is 2.31. The van der Waals surface area contributed by atoms with Gasteiger partial charge in [0.15, 0.2) is 6.29 Å². The molecule has 1 unspecified atom stereocenters. The molecule has 15 heavy (non-hydrogen) atoms. The molecule has 0 aromatic heterocycles. The van der Waals surface area contributed by atoms with Gasteiger partial charge in [0.1, 0.15) is 6.10 Å². The Morgan fingerprint density at radius 2 is 2.07 bits per heavy atom. The van der Waals surface area contributed by atoms with Crippen LogP contribution in [0.3, 0.4) is 0 Å². The van der Waals surface area contributed by atoms with Crippen molar-refractivity contribution in [3.8, 4) is 0 Å². The third-order valence-corrected chi connectivity index (χ3v) is 1.94. The van der Waals surface area contributed by atoms with Gasteiger partial charge in [0.25, 0.3) is 0 Å². The molecule has 1 atom stereocenters. The lowest BCUT2D eigenvalue weighted by atomic mass is 10.2. The first-order valence-corrected chi connectivity index (χ1v) is 5.05. The number of hydrogen-bond acceptors (Lipinski definition) is 3. The summed E-state index contributed by atoms with van der Waals surface area (Å²) in [6.45, 7) is 3.25. The summed E-state index contributed by atoms with van der Waals surface area (Å²) in [5.41, 5.74) is 1.06. The summed E-state index contributed by atoms with van der Waals surface area (Å²) >= 11 is 0. The predicted octanol–water partition coefficient (Wildman–Crippen LogP) is 1.81. The zero-order chi connectivity index (χ0) is 10.9. The van der Waals surface area contributed by atoms with E-state index in [4.69, 9.17) is 9.47 Å². The normalized spacial score (nSPS) is 12.3. The molecule has 3 heteroatoms. The summed E-state index contributed by atoms with van der Waals surface area (Å²) in [7, 11) is 0. The first-order chi connectivity index (χ1) is 7.36. The van der Waals surface area contributed by atoms with Gasteiger partial charge < -0.3 is 14.3 Å². The summed E-state index contributed by atoms with van der Waals surface area (Å²) in [5, 5.41) is 0. The first kappa shape index (κ1) is 11.9. The second-order valence-electron chi connectivity index (χ2n) is 3.13. The van der Waals surface area contributed by atoms with Crippen LogP contribution in [0, 0.1) is 0 Å². The molecular weight excluding hydrogens is 192 g/mol. The van der Waals surface area contributed by atoms with E-state index in [-0.39, 0.29) is 0 Å². The van der Waals surface area contributed by atoms with Crippen molar-refractivity contribution in [3.63, 3.8) is 0 Å². The van der Waals surface area contributed by atoms with Gasteiger partial charge in [-0.05, 0) is 12.5 Å². The third-order valence-electron chi connectivity index (χ3n) is 1.94. The van der Waals surface area contributed by atoms with Gasteiger partial charge in [-0.1, -0.05) is 30.3 Å². The van der Waals surface area contributed by atoms with Crippen LogP contribution in [0.15, 0.2) is 30.3 Å². The number of aldehydes is 1. The van der Waals surface area contributed by atoms with Crippen molar-refractivity contribution >= 4 is 6.29 Å². The maximum Gasteiger partial charge on any atom is 0.151 e. The van der Waals surface area contributed by atoms with Crippen molar-refractivity contribution in [2.45, 2.75) is 19.6 Å². The van der Waals surface area contributed by atoms with E-state index in [1.54, 1.807) is 0 Å². The van der Waals surface area contributed by atoms with E-state index in [2.05, 4.69) is 0 Å². The van der Waals surface area contributed by atoms with Crippen LogP contribution in [0.2, 0.25) is 0 Å². The Morgan fingerprint density at radius 1 is 1.33 bits per heavy atom. The summed E-state index contributed by atoms with van der Waals surface area (Å²) in [4.78, 5) is 10.6. The molecule has 0 radical (unpaired) electrons. The Kier molecular flexibility index (Phi) is 5.66. The van der Waals surface area contributed by atoms with E-state index in [9.17, 15) is 4.79 Å². The zero-order valence-electron chi connectivity index (χ0n) is 8.89. The standard InChI is InChI=1S/C12H16O3/c1-2-14-10-12(8-13)15-9-11-6-4-3-5-7-11/h3-8,12H,2,9-10H2,1H3. The molecule has 0 aliphatic carbocycles. The molecule has 0 N–H and O–H groups in total. The molecule has 1 aromatic rings. The van der Waals surface area contributed by atoms with E-state index in [0.717, 1.165) is 11.8 Å². The maximum atomic E-state index is 10.6. The van der Waals surface area contributed by atoms with Gasteiger partial charge in [-0.25, -0.2) is 0 Å². The monoisotopic (exact) mass is 208 g/mol.